The molecule has 6 nitrogen and oxygen atoms in total. The van der Waals surface area contributed by atoms with Crippen LogP contribution in [-0.4, -0.2) is 24.5 Å². The molecule has 5 rings (SSSR count). The normalized spacial score (nSPS) is 14.7. The molecule has 0 spiro atoms. The number of rotatable bonds is 7. The van der Waals surface area contributed by atoms with Gasteiger partial charge in [-0.25, -0.2) is 0 Å². The van der Waals surface area contributed by atoms with Crippen molar-refractivity contribution in [2.45, 2.75) is 12.6 Å². The second-order valence-corrected chi connectivity index (χ2v) is 8.60. The van der Waals surface area contributed by atoms with E-state index in [4.69, 9.17) is 25.5 Å². The van der Waals surface area contributed by atoms with E-state index < -0.39 is 6.04 Å². The second-order valence-electron chi connectivity index (χ2n) is 8.17. The van der Waals surface area contributed by atoms with Gasteiger partial charge in [0.25, 0.3) is 5.91 Å². The average molecular weight is 488 g/mol. The molecule has 0 fully saturated rings. The van der Waals surface area contributed by atoms with E-state index in [0.29, 0.717) is 33.9 Å². The van der Waals surface area contributed by atoms with Crippen LogP contribution in [0.5, 0.6) is 11.5 Å². The molecule has 4 aromatic rings. The summed E-state index contributed by atoms with van der Waals surface area (Å²) in [5.41, 5.74) is 2.02. The fourth-order valence-corrected chi connectivity index (χ4v) is 4.50. The molecule has 3 aromatic carbocycles. The van der Waals surface area contributed by atoms with Crippen molar-refractivity contribution in [3.8, 4) is 11.5 Å². The molecule has 0 aliphatic carbocycles. The third-order valence-electron chi connectivity index (χ3n) is 6.00. The van der Waals surface area contributed by atoms with E-state index >= 15 is 0 Å². The molecule has 1 aromatic heterocycles. The number of carbonyl (C=O) groups excluding carboxylic acids is 1. The third-order valence-corrected chi connectivity index (χ3v) is 6.24. The summed E-state index contributed by atoms with van der Waals surface area (Å²) >= 11 is 6.15. The lowest BCUT2D eigenvalue weighted by molar-refractivity contribution is 0.0714. The number of halogens is 1. The lowest BCUT2D eigenvalue weighted by atomic mass is 9.98. The van der Waals surface area contributed by atoms with Crippen LogP contribution in [0.1, 0.15) is 33.3 Å². The van der Waals surface area contributed by atoms with E-state index in [1.54, 1.807) is 36.3 Å². The number of fused-ring (bicyclic) bond motifs is 2. The van der Waals surface area contributed by atoms with Gasteiger partial charge in [0.2, 0.25) is 5.76 Å². The van der Waals surface area contributed by atoms with Crippen LogP contribution in [0.15, 0.2) is 88.6 Å². The Balaban J connectivity index is 1.63. The van der Waals surface area contributed by atoms with Gasteiger partial charge in [-0.15, -0.1) is 0 Å². The monoisotopic (exact) mass is 487 g/mol. The highest BCUT2D eigenvalue weighted by Crippen LogP contribution is 2.40. The van der Waals surface area contributed by atoms with E-state index in [0.717, 1.165) is 16.9 Å². The van der Waals surface area contributed by atoms with Gasteiger partial charge >= 0.3 is 0 Å². The highest BCUT2D eigenvalue weighted by molar-refractivity contribution is 6.31. The Kier molecular flexibility index (Phi) is 6.05. The van der Waals surface area contributed by atoms with Gasteiger partial charge in [-0.05, 0) is 53.6 Å². The maximum Gasteiger partial charge on any atom is 0.291 e. The number of nitrogens with zero attached hydrogens (tertiary/aromatic N) is 1. The van der Waals surface area contributed by atoms with Crippen LogP contribution < -0.4 is 14.9 Å². The fraction of sp³-hybridized carbons (Fsp3) is 0.143. The van der Waals surface area contributed by atoms with Crippen molar-refractivity contribution in [1.82, 2.24) is 4.90 Å². The van der Waals surface area contributed by atoms with Gasteiger partial charge in [0.1, 0.15) is 23.7 Å². The number of amides is 1. The summed E-state index contributed by atoms with van der Waals surface area (Å²) in [4.78, 5) is 28.9. The molecule has 0 bridgehead atoms. The van der Waals surface area contributed by atoms with Crippen LogP contribution >= 0.6 is 11.6 Å². The predicted octanol–water partition coefficient (Wildman–Crippen LogP) is 5.77. The topological polar surface area (TPSA) is 69.0 Å². The molecular weight excluding hydrogens is 466 g/mol. The van der Waals surface area contributed by atoms with Crippen LogP contribution in [0.2, 0.25) is 5.02 Å². The van der Waals surface area contributed by atoms with Crippen LogP contribution in [0.4, 0.5) is 0 Å². The number of ether oxygens (including phenoxy) is 2. The molecular formula is C28H22ClNO5. The largest absolute Gasteiger partial charge is 0.497 e. The first-order valence-corrected chi connectivity index (χ1v) is 11.4. The molecule has 1 unspecified atom stereocenters. The van der Waals surface area contributed by atoms with Crippen LogP contribution in [0, 0.1) is 0 Å². The van der Waals surface area contributed by atoms with Gasteiger partial charge in [0, 0.05) is 11.6 Å². The van der Waals surface area contributed by atoms with Crippen molar-refractivity contribution in [3.05, 3.63) is 117 Å². The van der Waals surface area contributed by atoms with E-state index in [1.165, 1.54) is 0 Å². The van der Waals surface area contributed by atoms with E-state index in [-0.39, 0.29) is 23.6 Å². The Hall–Kier alpha value is -4.03. The van der Waals surface area contributed by atoms with Crippen molar-refractivity contribution in [2.75, 3.05) is 13.7 Å². The van der Waals surface area contributed by atoms with Gasteiger partial charge in [-0.2, -0.15) is 0 Å². The van der Waals surface area contributed by atoms with E-state index in [9.17, 15) is 9.59 Å². The summed E-state index contributed by atoms with van der Waals surface area (Å²) in [6.07, 6.45) is 1.66. The molecule has 0 saturated carbocycles. The number of methoxy groups -OCH3 is 1. The molecule has 0 radical (unpaired) electrons. The molecule has 0 N–H and O–H groups in total. The van der Waals surface area contributed by atoms with Crippen molar-refractivity contribution in [1.29, 1.82) is 0 Å². The summed E-state index contributed by atoms with van der Waals surface area (Å²) in [6.45, 7) is 4.32. The zero-order chi connectivity index (χ0) is 24.5. The summed E-state index contributed by atoms with van der Waals surface area (Å²) in [7, 11) is 1.60. The minimum Gasteiger partial charge on any atom is -0.497 e. The van der Waals surface area contributed by atoms with Crippen LogP contribution in [0.25, 0.3) is 11.0 Å². The highest BCUT2D eigenvalue weighted by Gasteiger charge is 2.42. The standard InChI is InChI=1S/C28H22ClNO5/c1-3-14-34-21-11-6-18(7-12-21)25-24-26(31)22-15-19(29)8-13-23(22)35-27(24)28(32)30(25)16-17-4-9-20(33-2)10-5-17/h3-13,15,25H,1,14,16H2,2H3. The van der Waals surface area contributed by atoms with Gasteiger partial charge < -0.3 is 18.8 Å². The predicted molar refractivity (Wildman–Crippen MR) is 134 cm³/mol. The van der Waals surface area contributed by atoms with Gasteiger partial charge in [0.05, 0.1) is 24.1 Å². The van der Waals surface area contributed by atoms with Crippen LogP contribution in [-0.2, 0) is 6.54 Å². The van der Waals surface area contributed by atoms with Gasteiger partial charge in [-0.3, -0.25) is 9.59 Å². The molecule has 7 heteroatoms. The Morgan fingerprint density at radius 2 is 1.74 bits per heavy atom. The molecule has 1 amide bonds. The van der Waals surface area contributed by atoms with E-state index in [1.807, 2.05) is 48.5 Å². The minimum atomic E-state index is -0.632. The van der Waals surface area contributed by atoms with Gasteiger partial charge in [-0.1, -0.05) is 48.5 Å². The fourth-order valence-electron chi connectivity index (χ4n) is 4.33. The Bertz CT molecular complexity index is 1470. The van der Waals surface area contributed by atoms with Crippen molar-refractivity contribution in [3.63, 3.8) is 0 Å². The molecule has 1 aliphatic rings. The first-order valence-electron chi connectivity index (χ1n) is 11.0. The Morgan fingerprint density at radius 1 is 1.03 bits per heavy atom. The molecule has 2 heterocycles. The minimum absolute atomic E-state index is 0.0512. The van der Waals surface area contributed by atoms with Crippen molar-refractivity contribution >= 4 is 28.5 Å². The molecule has 1 aliphatic heterocycles. The van der Waals surface area contributed by atoms with Crippen molar-refractivity contribution in [2.24, 2.45) is 0 Å². The lowest BCUT2D eigenvalue weighted by Gasteiger charge is -2.25. The summed E-state index contributed by atoms with van der Waals surface area (Å²) in [5, 5.41) is 0.760. The summed E-state index contributed by atoms with van der Waals surface area (Å²) in [6, 6.07) is 19.0. The smallest absolute Gasteiger partial charge is 0.291 e. The zero-order valence-corrected chi connectivity index (χ0v) is 19.7. The van der Waals surface area contributed by atoms with E-state index in [2.05, 4.69) is 6.58 Å². The average Bonchev–Trinajstić information content (AvgIpc) is 3.15. The lowest BCUT2D eigenvalue weighted by Crippen LogP contribution is -2.29. The SMILES string of the molecule is C=CCOc1ccc(C2c3c(oc4ccc(Cl)cc4c3=O)C(=O)N2Cc2ccc(OC)cc2)cc1. The molecule has 1 atom stereocenters. The third kappa shape index (κ3) is 4.17. The Morgan fingerprint density at radius 3 is 2.43 bits per heavy atom. The van der Waals surface area contributed by atoms with Crippen molar-refractivity contribution < 1.29 is 18.7 Å². The maximum absolute atomic E-state index is 13.6. The molecule has 0 saturated heterocycles. The van der Waals surface area contributed by atoms with Crippen LogP contribution in [0.3, 0.4) is 0 Å². The first kappa shape index (κ1) is 22.7. The van der Waals surface area contributed by atoms with Gasteiger partial charge in [0.15, 0.2) is 5.43 Å². The Labute approximate surface area is 207 Å². The zero-order valence-electron chi connectivity index (χ0n) is 19.0. The number of hydrogen-bond donors (Lipinski definition) is 0. The molecule has 176 valence electrons. The maximum atomic E-state index is 13.6. The quantitative estimate of drug-likeness (QED) is 0.310. The first-order chi connectivity index (χ1) is 17.0. The second kappa shape index (κ2) is 9.31. The highest BCUT2D eigenvalue weighted by atomic mass is 35.5. The number of hydrogen-bond acceptors (Lipinski definition) is 5. The summed E-state index contributed by atoms with van der Waals surface area (Å²) < 4.78 is 16.8. The molecule has 35 heavy (non-hydrogen) atoms. The number of carbonyl (C=O) groups is 1. The summed E-state index contributed by atoms with van der Waals surface area (Å²) in [5.74, 6) is 1.09. The number of benzene rings is 3.